The molecule has 4 bridgehead atoms. The van der Waals surface area contributed by atoms with Crippen LogP contribution in [-0.2, 0) is 4.79 Å². The third-order valence-electron chi connectivity index (χ3n) is 5.92. The average Bonchev–Trinajstić information content (AvgIpc) is 2.81. The maximum absolute atomic E-state index is 13.5. The Morgan fingerprint density at radius 3 is 2.61 bits per heavy atom. The quantitative estimate of drug-likeness (QED) is 0.791. The third-order valence-corrected chi connectivity index (χ3v) is 5.92. The molecule has 4 fully saturated rings. The highest BCUT2D eigenvalue weighted by Crippen LogP contribution is 2.62. The Balaban J connectivity index is 1.59. The number of carboxylic acid groups (broad SMARTS) is 1. The van der Waals surface area contributed by atoms with Gasteiger partial charge in [0.2, 0.25) is 5.95 Å². The summed E-state index contributed by atoms with van der Waals surface area (Å²) in [6.45, 7) is 0. The normalized spacial score (nSPS) is 37.8. The molecule has 2 atom stereocenters. The molecule has 124 valence electrons. The minimum atomic E-state index is -0.769. The van der Waals surface area contributed by atoms with E-state index in [1.807, 2.05) is 0 Å². The van der Waals surface area contributed by atoms with Gasteiger partial charge in [0.15, 0.2) is 0 Å². The number of nitrogens with zero attached hydrogens (tertiary/aromatic N) is 1. The minimum absolute atomic E-state index is 0.0759. The SMILES string of the molecule is O=C(O)CC12CC3CC(C1)CC(NC(=O)c1cn[nH]c1F)(C3)C2. The highest BCUT2D eigenvalue weighted by molar-refractivity contribution is 5.94. The first-order chi connectivity index (χ1) is 10.9. The summed E-state index contributed by atoms with van der Waals surface area (Å²) in [4.78, 5) is 23.7. The van der Waals surface area contributed by atoms with Crippen LogP contribution in [0.4, 0.5) is 4.39 Å². The van der Waals surface area contributed by atoms with Gasteiger partial charge in [0, 0.05) is 5.54 Å². The molecule has 0 saturated heterocycles. The lowest BCUT2D eigenvalue weighted by molar-refractivity contribution is -0.147. The zero-order chi connectivity index (χ0) is 16.2. The van der Waals surface area contributed by atoms with E-state index in [-0.39, 0.29) is 22.9 Å². The van der Waals surface area contributed by atoms with Crippen molar-refractivity contribution in [3.05, 3.63) is 17.7 Å². The summed E-state index contributed by atoms with van der Waals surface area (Å²) >= 11 is 0. The minimum Gasteiger partial charge on any atom is -0.481 e. The Morgan fingerprint density at radius 1 is 1.35 bits per heavy atom. The van der Waals surface area contributed by atoms with E-state index in [1.54, 1.807) is 0 Å². The van der Waals surface area contributed by atoms with Crippen molar-refractivity contribution in [2.75, 3.05) is 0 Å². The van der Waals surface area contributed by atoms with E-state index in [9.17, 15) is 19.1 Å². The Bertz CT molecular complexity index is 657. The summed E-state index contributed by atoms with van der Waals surface area (Å²) < 4.78 is 13.5. The first-order valence-electron chi connectivity index (χ1n) is 8.12. The third kappa shape index (κ3) is 2.42. The van der Waals surface area contributed by atoms with Crippen LogP contribution < -0.4 is 5.32 Å². The van der Waals surface area contributed by atoms with E-state index in [2.05, 4.69) is 15.5 Å². The molecule has 0 aromatic carbocycles. The molecular formula is C16H20FN3O3. The smallest absolute Gasteiger partial charge is 0.303 e. The molecule has 4 aliphatic rings. The summed E-state index contributed by atoms with van der Waals surface area (Å²) in [6.07, 6.45) is 6.78. The van der Waals surface area contributed by atoms with Gasteiger partial charge in [-0.1, -0.05) is 0 Å². The molecule has 0 spiro atoms. The number of hydrogen-bond donors (Lipinski definition) is 3. The summed E-state index contributed by atoms with van der Waals surface area (Å²) in [7, 11) is 0. The molecule has 1 amide bonds. The Labute approximate surface area is 132 Å². The number of aromatic amines is 1. The lowest BCUT2D eigenvalue weighted by atomic mass is 9.46. The highest BCUT2D eigenvalue weighted by atomic mass is 19.1. The first kappa shape index (κ1) is 14.7. The molecule has 1 aromatic rings. The zero-order valence-electron chi connectivity index (χ0n) is 12.8. The van der Waals surface area contributed by atoms with Gasteiger partial charge in [-0.2, -0.15) is 9.49 Å². The van der Waals surface area contributed by atoms with Gasteiger partial charge in [0.05, 0.1) is 12.6 Å². The Morgan fingerprint density at radius 2 is 2.04 bits per heavy atom. The van der Waals surface area contributed by atoms with Crippen molar-refractivity contribution in [1.82, 2.24) is 15.5 Å². The predicted octanol–water partition coefficient (Wildman–Crippen LogP) is 2.09. The topological polar surface area (TPSA) is 95.1 Å². The number of carbonyl (C=O) groups is 2. The van der Waals surface area contributed by atoms with Gasteiger partial charge in [0.1, 0.15) is 5.56 Å². The maximum atomic E-state index is 13.5. The van der Waals surface area contributed by atoms with Crippen LogP contribution in [0.25, 0.3) is 0 Å². The molecule has 5 rings (SSSR count). The summed E-state index contributed by atoms with van der Waals surface area (Å²) in [6, 6.07) is 0. The summed E-state index contributed by atoms with van der Waals surface area (Å²) in [5.41, 5.74) is -0.675. The number of hydrogen-bond acceptors (Lipinski definition) is 3. The van der Waals surface area contributed by atoms with Crippen LogP contribution in [0.5, 0.6) is 0 Å². The fourth-order valence-corrected chi connectivity index (χ4v) is 5.86. The molecule has 1 aromatic heterocycles. The van der Waals surface area contributed by atoms with Crippen LogP contribution in [0, 0.1) is 23.2 Å². The fraction of sp³-hybridized carbons (Fsp3) is 0.688. The monoisotopic (exact) mass is 321 g/mol. The van der Waals surface area contributed by atoms with E-state index in [0.29, 0.717) is 18.3 Å². The first-order valence-corrected chi connectivity index (χ1v) is 8.12. The van der Waals surface area contributed by atoms with Crippen molar-refractivity contribution in [3.8, 4) is 0 Å². The van der Waals surface area contributed by atoms with Gasteiger partial charge in [-0.25, -0.2) is 0 Å². The number of nitrogens with one attached hydrogen (secondary N) is 2. The van der Waals surface area contributed by atoms with Crippen molar-refractivity contribution in [2.24, 2.45) is 17.3 Å². The van der Waals surface area contributed by atoms with Gasteiger partial charge in [0.25, 0.3) is 5.91 Å². The lowest BCUT2D eigenvalue weighted by Crippen LogP contribution is -2.63. The largest absolute Gasteiger partial charge is 0.481 e. The van der Waals surface area contributed by atoms with E-state index >= 15 is 0 Å². The van der Waals surface area contributed by atoms with Gasteiger partial charge < -0.3 is 10.4 Å². The molecule has 1 heterocycles. The summed E-state index contributed by atoms with van der Waals surface area (Å²) in [5, 5.41) is 18.0. The van der Waals surface area contributed by atoms with Crippen LogP contribution >= 0.6 is 0 Å². The number of rotatable bonds is 4. The molecule has 3 N–H and O–H groups in total. The molecule has 4 saturated carbocycles. The second-order valence-electron chi connectivity index (χ2n) is 7.86. The maximum Gasteiger partial charge on any atom is 0.303 e. The molecule has 4 aliphatic carbocycles. The van der Waals surface area contributed by atoms with Crippen molar-refractivity contribution >= 4 is 11.9 Å². The van der Waals surface area contributed by atoms with Crippen LogP contribution in [0.2, 0.25) is 0 Å². The Kier molecular flexibility index (Phi) is 3.05. The van der Waals surface area contributed by atoms with Gasteiger partial charge >= 0.3 is 5.97 Å². The molecule has 0 aliphatic heterocycles. The molecule has 2 unspecified atom stereocenters. The van der Waals surface area contributed by atoms with Crippen molar-refractivity contribution in [3.63, 3.8) is 0 Å². The van der Waals surface area contributed by atoms with Crippen LogP contribution in [-0.4, -0.2) is 32.7 Å². The molecular weight excluding hydrogens is 301 g/mol. The zero-order valence-corrected chi connectivity index (χ0v) is 12.8. The van der Waals surface area contributed by atoms with Crippen molar-refractivity contribution in [2.45, 2.75) is 50.5 Å². The van der Waals surface area contributed by atoms with E-state index in [0.717, 1.165) is 32.1 Å². The average molecular weight is 321 g/mol. The van der Waals surface area contributed by atoms with Crippen molar-refractivity contribution in [1.29, 1.82) is 0 Å². The molecule has 6 nitrogen and oxygen atoms in total. The fourth-order valence-electron chi connectivity index (χ4n) is 5.86. The number of H-pyrrole nitrogens is 1. The number of carboxylic acids is 1. The molecule has 7 heteroatoms. The number of aromatic nitrogens is 2. The van der Waals surface area contributed by atoms with Crippen molar-refractivity contribution < 1.29 is 19.1 Å². The van der Waals surface area contributed by atoms with Crippen LogP contribution in [0.15, 0.2) is 6.20 Å². The van der Waals surface area contributed by atoms with Gasteiger partial charge in [-0.05, 0) is 55.8 Å². The number of amides is 1. The predicted molar refractivity (Wildman–Crippen MR) is 78.1 cm³/mol. The number of halogens is 1. The highest BCUT2D eigenvalue weighted by Gasteiger charge is 2.58. The van der Waals surface area contributed by atoms with E-state index in [1.165, 1.54) is 6.20 Å². The Hall–Kier alpha value is -1.92. The van der Waals surface area contributed by atoms with E-state index in [4.69, 9.17) is 0 Å². The van der Waals surface area contributed by atoms with Crippen LogP contribution in [0.1, 0.15) is 55.3 Å². The number of carbonyl (C=O) groups excluding carboxylic acids is 1. The lowest BCUT2D eigenvalue weighted by Gasteiger charge is -2.62. The summed E-state index contributed by atoms with van der Waals surface area (Å²) in [5.74, 6) is -1.03. The second kappa shape index (κ2) is 4.79. The number of aliphatic carboxylic acids is 1. The van der Waals surface area contributed by atoms with Crippen LogP contribution in [0.3, 0.4) is 0 Å². The molecule has 23 heavy (non-hydrogen) atoms. The standard InChI is InChI=1S/C16H20FN3O3/c17-13-11(7-18-20-13)14(23)19-16-4-9-1-10(5-16)3-15(2-9,8-16)6-12(21)22/h7,9-10H,1-6,8H2,(H,18,20)(H,19,23)(H,21,22). The van der Waals surface area contributed by atoms with Gasteiger partial charge in [-0.3, -0.25) is 14.7 Å². The van der Waals surface area contributed by atoms with E-state index < -0.39 is 17.8 Å². The van der Waals surface area contributed by atoms with Gasteiger partial charge in [-0.15, -0.1) is 0 Å². The second-order valence-corrected chi connectivity index (χ2v) is 7.86. The molecule has 0 radical (unpaired) electrons.